The average molecular weight is 1280 g/mol. The quantitative estimate of drug-likeness (QED) is 0.144. The van der Waals surface area contributed by atoms with Crippen LogP contribution in [0.15, 0.2) is 322 Å². The van der Waals surface area contributed by atoms with Crippen molar-refractivity contribution >= 4 is 168 Å². The Morgan fingerprint density at radius 3 is 1.21 bits per heavy atom. The van der Waals surface area contributed by atoms with Gasteiger partial charge in [-0.2, -0.15) is 0 Å². The van der Waals surface area contributed by atoms with Gasteiger partial charge in [-0.05, 0) is 168 Å². The molecule has 17 aromatic carbocycles. The molecule has 22 aromatic rings. The van der Waals surface area contributed by atoms with E-state index in [4.69, 9.17) is 0 Å². The van der Waals surface area contributed by atoms with Crippen molar-refractivity contribution in [2.45, 2.75) is 20.3 Å². The predicted molar refractivity (Wildman–Crippen MR) is 432 cm³/mol. The number of rotatable bonds is 0. The lowest BCUT2D eigenvalue weighted by Gasteiger charge is -2.07. The summed E-state index contributed by atoms with van der Waals surface area (Å²) in [4.78, 5) is 0. The molecule has 23 rings (SSSR count). The predicted octanol–water partition coefficient (Wildman–Crippen LogP) is 25.6. The molecule has 0 fully saturated rings. The number of para-hydroxylation sites is 3. The normalized spacial score (nSPS) is 12.0. The third-order valence-electron chi connectivity index (χ3n) is 21.6. The lowest BCUT2D eigenvalue weighted by Crippen LogP contribution is -1.87. The highest BCUT2D eigenvalue weighted by atomic mass is 15.0. The molecule has 0 saturated heterocycles. The number of benzene rings is 17. The zero-order chi connectivity index (χ0) is 66.9. The van der Waals surface area contributed by atoms with Crippen LogP contribution in [0.1, 0.15) is 22.3 Å². The first-order valence-electron chi connectivity index (χ1n) is 34.9. The molecule has 0 spiro atoms. The Labute approximate surface area is 579 Å². The number of aryl methyl sites for hydroxylation is 5. The first kappa shape index (κ1) is 58.8. The van der Waals surface area contributed by atoms with E-state index in [-0.39, 0.29) is 0 Å². The van der Waals surface area contributed by atoms with E-state index in [1.165, 1.54) is 202 Å². The van der Waals surface area contributed by atoms with E-state index in [0.717, 1.165) is 6.42 Å². The van der Waals surface area contributed by atoms with E-state index in [1.54, 1.807) is 0 Å². The zero-order valence-corrected chi connectivity index (χ0v) is 56.6. The molecule has 4 heteroatoms. The molecular weight excluding hydrogens is 1210 g/mol. The Hall–Kier alpha value is -12.5. The lowest BCUT2D eigenvalue weighted by atomic mass is 9.97. The number of nitrogens with zero attached hydrogens (tertiary/aromatic N) is 4. The van der Waals surface area contributed by atoms with E-state index >= 15 is 0 Å². The summed E-state index contributed by atoms with van der Waals surface area (Å²) in [6, 6.07) is 116. The van der Waals surface area contributed by atoms with Crippen LogP contribution in [-0.4, -0.2) is 18.1 Å². The zero-order valence-electron chi connectivity index (χ0n) is 56.6. The Bertz CT molecular complexity index is 6890. The summed E-state index contributed by atoms with van der Waals surface area (Å²) in [6.07, 6.45) is 1.08. The Balaban J connectivity index is 0.0000000873. The first-order chi connectivity index (χ1) is 49.2. The van der Waals surface area contributed by atoms with Crippen LogP contribution in [-0.2, 0) is 27.6 Å². The van der Waals surface area contributed by atoms with Gasteiger partial charge in [-0.1, -0.05) is 266 Å². The summed E-state index contributed by atoms with van der Waals surface area (Å²) in [6.45, 7) is 4.35. The minimum atomic E-state index is 1.08. The minimum absolute atomic E-state index is 1.08. The van der Waals surface area contributed by atoms with Crippen LogP contribution in [0.3, 0.4) is 0 Å². The standard InChI is InChI=1S/2C21H15N.C19H13N.C18H14.C17H13N/c1-22-18-12-10-14-6-2-4-8-16(14)20(18)21-17-9-5-3-7-15(17)11-13-19(21)22;1-22-20-13-16-8-3-2-7-15(16)12-19(20)18-11-10-14-6-4-5-9-17(14)21(18)22;1-12-10-15-13-6-2-4-8-17(13)20-18-9-5-3-7-14(18)16(11-12)19(15)20;1-12-6-7-14-11-15-9-8-13-4-2-3-5-16(13)18(15)17(14)10-12;1-18-15-9-5-4-8-14(15)17-13-7-3-2-6-12(13)10-11-16(17)18/h2*2-13H,1H3;2-11H,1H3;2-10H,11H2,1H3;2-11H,1H3. The molecule has 0 saturated carbocycles. The van der Waals surface area contributed by atoms with Gasteiger partial charge in [0.15, 0.2) is 0 Å². The fraction of sp³-hybridized carbons (Fsp3) is 0.0625. The van der Waals surface area contributed by atoms with Crippen molar-refractivity contribution in [3.8, 4) is 11.1 Å². The Morgan fingerprint density at radius 1 is 0.220 bits per heavy atom. The Morgan fingerprint density at radius 2 is 0.630 bits per heavy atom. The van der Waals surface area contributed by atoms with E-state index in [1.807, 2.05) is 0 Å². The summed E-state index contributed by atoms with van der Waals surface area (Å²) in [5.74, 6) is 0. The Kier molecular flexibility index (Phi) is 13.7. The second kappa shape index (κ2) is 23.4. The maximum atomic E-state index is 2.41. The highest BCUT2D eigenvalue weighted by Gasteiger charge is 2.22. The van der Waals surface area contributed by atoms with Gasteiger partial charge < -0.3 is 18.1 Å². The van der Waals surface area contributed by atoms with Crippen LogP contribution in [0.2, 0.25) is 0 Å². The van der Waals surface area contributed by atoms with Crippen molar-refractivity contribution in [3.63, 3.8) is 0 Å². The number of fused-ring (bicyclic) bond motifs is 29. The molecule has 0 aliphatic heterocycles. The van der Waals surface area contributed by atoms with E-state index < -0.39 is 0 Å². The second-order valence-corrected chi connectivity index (χ2v) is 27.4. The third-order valence-corrected chi connectivity index (χ3v) is 21.6. The summed E-state index contributed by atoms with van der Waals surface area (Å²) in [5, 5.41) is 29.4. The molecule has 0 amide bonds. The van der Waals surface area contributed by atoms with Gasteiger partial charge in [0.25, 0.3) is 0 Å². The van der Waals surface area contributed by atoms with Crippen molar-refractivity contribution in [2.75, 3.05) is 0 Å². The molecule has 100 heavy (non-hydrogen) atoms. The summed E-state index contributed by atoms with van der Waals surface area (Å²) < 4.78 is 9.33. The van der Waals surface area contributed by atoms with Crippen molar-refractivity contribution in [2.24, 2.45) is 21.1 Å². The van der Waals surface area contributed by atoms with Gasteiger partial charge in [-0.3, -0.25) is 0 Å². The maximum absolute atomic E-state index is 2.41. The molecular formula is C96H70N4. The number of hydrogen-bond donors (Lipinski definition) is 0. The summed E-state index contributed by atoms with van der Waals surface area (Å²) in [5.41, 5.74) is 20.3. The monoisotopic (exact) mass is 1280 g/mol. The van der Waals surface area contributed by atoms with Crippen LogP contribution in [0.4, 0.5) is 0 Å². The SMILES string of the molecule is Cc1cc2c3ccccc3n3c4ccccc4c(c1)c23.Cc1ccc2c(c1)-c1c(ccc3ccccc13)C2.Cn1c2cc3ccccc3cc2c2ccc3ccccc3c21.Cn1c2ccc3ccccc3c2c2c3ccccc3ccc21.Cn1c2ccccc2c2c3ccccc3ccc21. The van der Waals surface area contributed by atoms with E-state index in [0.29, 0.717) is 0 Å². The van der Waals surface area contributed by atoms with Crippen molar-refractivity contribution < 1.29 is 0 Å². The molecule has 0 N–H and O–H groups in total. The molecule has 5 aromatic heterocycles. The van der Waals surface area contributed by atoms with Gasteiger partial charge in [-0.15, -0.1) is 0 Å². The van der Waals surface area contributed by atoms with Gasteiger partial charge in [0.05, 0.1) is 22.1 Å². The van der Waals surface area contributed by atoms with Crippen molar-refractivity contribution in [1.29, 1.82) is 0 Å². The molecule has 0 bridgehead atoms. The second-order valence-electron chi connectivity index (χ2n) is 27.4. The molecule has 0 radical (unpaired) electrons. The highest BCUT2D eigenvalue weighted by Crippen LogP contribution is 2.44. The summed E-state index contributed by atoms with van der Waals surface area (Å²) >= 11 is 0. The summed E-state index contributed by atoms with van der Waals surface area (Å²) in [7, 11) is 6.47. The maximum Gasteiger partial charge on any atom is 0.0620 e. The molecule has 1 aliphatic carbocycles. The van der Waals surface area contributed by atoms with Crippen LogP contribution < -0.4 is 0 Å². The van der Waals surface area contributed by atoms with Crippen molar-refractivity contribution in [3.05, 3.63) is 344 Å². The van der Waals surface area contributed by atoms with Gasteiger partial charge in [0.1, 0.15) is 0 Å². The first-order valence-corrected chi connectivity index (χ1v) is 34.9. The number of hydrogen-bond acceptors (Lipinski definition) is 0. The smallest absolute Gasteiger partial charge is 0.0620 e. The lowest BCUT2D eigenvalue weighted by molar-refractivity contribution is 1.01. The van der Waals surface area contributed by atoms with Crippen LogP contribution in [0, 0.1) is 13.8 Å². The van der Waals surface area contributed by atoms with E-state index in [2.05, 4.69) is 375 Å². The molecule has 474 valence electrons. The number of aromatic nitrogens is 4. The molecule has 0 atom stereocenters. The van der Waals surface area contributed by atoms with Gasteiger partial charge >= 0.3 is 0 Å². The average Bonchev–Trinajstić information content (AvgIpc) is 1.57. The van der Waals surface area contributed by atoms with E-state index in [9.17, 15) is 0 Å². The van der Waals surface area contributed by atoms with Crippen molar-refractivity contribution in [1.82, 2.24) is 18.1 Å². The molecule has 0 unspecified atom stereocenters. The van der Waals surface area contributed by atoms with Gasteiger partial charge in [0.2, 0.25) is 0 Å². The van der Waals surface area contributed by atoms with Crippen LogP contribution >= 0.6 is 0 Å². The fourth-order valence-corrected chi connectivity index (χ4v) is 17.0. The molecule has 1 aliphatic rings. The van der Waals surface area contributed by atoms with Crippen LogP contribution in [0.5, 0.6) is 0 Å². The third kappa shape index (κ3) is 9.28. The fourth-order valence-electron chi connectivity index (χ4n) is 17.0. The van der Waals surface area contributed by atoms with Gasteiger partial charge in [0, 0.05) is 108 Å². The highest BCUT2D eigenvalue weighted by molar-refractivity contribution is 6.29. The van der Waals surface area contributed by atoms with Crippen LogP contribution in [0.25, 0.3) is 179 Å². The van der Waals surface area contributed by atoms with Gasteiger partial charge in [-0.25, -0.2) is 0 Å². The largest absolute Gasteiger partial charge is 0.344 e. The molecule has 4 nitrogen and oxygen atoms in total. The minimum Gasteiger partial charge on any atom is -0.344 e. The molecule has 5 heterocycles. The topological polar surface area (TPSA) is 19.2 Å².